The van der Waals surface area contributed by atoms with E-state index in [0.29, 0.717) is 0 Å². The zero-order valence-electron chi connectivity index (χ0n) is 14.5. The molecule has 2 rings (SSSR count). The van der Waals surface area contributed by atoms with Gasteiger partial charge in [-0.3, -0.25) is 0 Å². The Kier molecular flexibility index (Phi) is 10.5. The molecule has 3 nitrogen and oxygen atoms in total. The first-order valence-electron chi connectivity index (χ1n) is 8.14. The van der Waals surface area contributed by atoms with Crippen LogP contribution in [0, 0.1) is 0 Å². The molecule has 0 aromatic heterocycles. The van der Waals surface area contributed by atoms with E-state index < -0.39 is 5.77 Å². The standard InChI is InChI=1S/C12H11O2PS2.C6H15N/c13-15(14,16-11-7-3-1-4-8-11)17-12-9-5-2-6-10-12;1-4-7(5-2)6-3/h1-10H,(H,13,14);4-6H2,1-3H3. The summed E-state index contributed by atoms with van der Waals surface area (Å²) in [5, 5.41) is 0. The van der Waals surface area contributed by atoms with E-state index in [0.717, 1.165) is 32.6 Å². The van der Waals surface area contributed by atoms with Crippen LogP contribution < -0.4 is 9.79 Å². The molecule has 6 heteroatoms. The van der Waals surface area contributed by atoms with Gasteiger partial charge in [0.15, 0.2) is 0 Å². The second-order valence-electron chi connectivity index (χ2n) is 5.07. The fourth-order valence-electron chi connectivity index (χ4n) is 1.99. The van der Waals surface area contributed by atoms with Crippen LogP contribution in [0.5, 0.6) is 0 Å². The van der Waals surface area contributed by atoms with Gasteiger partial charge < -0.3 is 14.4 Å². The van der Waals surface area contributed by atoms with E-state index in [2.05, 4.69) is 20.8 Å². The highest BCUT2D eigenvalue weighted by molar-refractivity contribution is 8.88. The van der Waals surface area contributed by atoms with Crippen molar-refractivity contribution >= 4 is 28.5 Å². The number of benzene rings is 2. The molecule has 0 saturated carbocycles. The van der Waals surface area contributed by atoms with Crippen LogP contribution in [0.2, 0.25) is 0 Å². The lowest BCUT2D eigenvalue weighted by Gasteiger charge is -2.21. The molecule has 0 atom stereocenters. The topological polar surface area (TPSA) is 44.6 Å². The van der Waals surface area contributed by atoms with Crippen LogP contribution in [0.3, 0.4) is 0 Å². The summed E-state index contributed by atoms with van der Waals surface area (Å²) in [6.07, 6.45) is 0. The second-order valence-corrected chi connectivity index (χ2v) is 11.9. The van der Waals surface area contributed by atoms with Crippen LogP contribution in [-0.2, 0) is 4.57 Å². The molecule has 132 valence electrons. The summed E-state index contributed by atoms with van der Waals surface area (Å²) in [6.45, 7) is 10.5. The van der Waals surface area contributed by atoms with Gasteiger partial charge in [0.2, 0.25) is 0 Å². The molecule has 0 saturated heterocycles. The van der Waals surface area contributed by atoms with Crippen LogP contribution in [0.1, 0.15) is 20.8 Å². The van der Waals surface area contributed by atoms with Gasteiger partial charge in [-0.25, -0.2) is 0 Å². The summed E-state index contributed by atoms with van der Waals surface area (Å²) in [4.78, 5) is 15.1. The molecule has 0 radical (unpaired) electrons. The van der Waals surface area contributed by atoms with Crippen molar-refractivity contribution in [1.82, 2.24) is 0 Å². The van der Waals surface area contributed by atoms with Gasteiger partial charge in [0.05, 0.1) is 19.6 Å². The lowest BCUT2D eigenvalue weighted by molar-refractivity contribution is -0.894. The zero-order valence-corrected chi connectivity index (χ0v) is 17.0. The molecular formula is C18H26NO2PS2. The van der Waals surface area contributed by atoms with E-state index in [-0.39, 0.29) is 0 Å². The largest absolute Gasteiger partial charge is 0.783 e. The fraction of sp³-hybridized carbons (Fsp3) is 0.333. The first-order chi connectivity index (χ1) is 11.5. The minimum absolute atomic E-state index is 0.745. The maximum atomic E-state index is 11.9. The highest BCUT2D eigenvalue weighted by atomic mass is 33.1. The average molecular weight is 384 g/mol. The SMILES string of the molecule is CC[NH+](CC)CC.O=P([O-])(Sc1ccccc1)Sc1ccccc1. The van der Waals surface area contributed by atoms with Crippen LogP contribution in [-0.4, -0.2) is 19.6 Å². The van der Waals surface area contributed by atoms with Crippen molar-refractivity contribution in [1.29, 1.82) is 0 Å². The van der Waals surface area contributed by atoms with Crippen molar-refractivity contribution < 1.29 is 14.4 Å². The Labute approximate surface area is 153 Å². The number of nitrogens with one attached hydrogen (secondary N) is 1. The van der Waals surface area contributed by atoms with Gasteiger partial charge in [-0.1, -0.05) is 59.2 Å². The Balaban J connectivity index is 0.000000351. The number of hydrogen-bond acceptors (Lipinski definition) is 4. The lowest BCUT2D eigenvalue weighted by Crippen LogP contribution is -3.11. The number of hydrogen-bond donors (Lipinski definition) is 1. The minimum Gasteiger partial charge on any atom is -0.783 e. The third-order valence-electron chi connectivity index (χ3n) is 3.42. The molecule has 0 amide bonds. The predicted molar refractivity (Wildman–Crippen MR) is 105 cm³/mol. The molecule has 0 fully saturated rings. The van der Waals surface area contributed by atoms with Crippen molar-refractivity contribution in [3.63, 3.8) is 0 Å². The Morgan fingerprint density at radius 2 is 1.12 bits per heavy atom. The molecule has 0 unspecified atom stereocenters. The van der Waals surface area contributed by atoms with Gasteiger partial charge in [0.1, 0.15) is 5.77 Å². The highest BCUT2D eigenvalue weighted by Crippen LogP contribution is 2.66. The van der Waals surface area contributed by atoms with Crippen molar-refractivity contribution in [3.8, 4) is 0 Å². The molecule has 1 N–H and O–H groups in total. The van der Waals surface area contributed by atoms with Gasteiger partial charge in [0, 0.05) is 9.79 Å². The maximum absolute atomic E-state index is 11.9. The minimum atomic E-state index is -3.55. The molecule has 24 heavy (non-hydrogen) atoms. The van der Waals surface area contributed by atoms with Gasteiger partial charge in [-0.2, -0.15) is 0 Å². The molecule has 2 aromatic rings. The maximum Gasteiger partial charge on any atom is 0.132 e. The van der Waals surface area contributed by atoms with Crippen LogP contribution in [0.15, 0.2) is 70.5 Å². The molecule has 0 heterocycles. The lowest BCUT2D eigenvalue weighted by atomic mass is 10.4. The Morgan fingerprint density at radius 3 is 1.38 bits per heavy atom. The van der Waals surface area contributed by atoms with Crippen LogP contribution >= 0.6 is 28.5 Å². The second kappa shape index (κ2) is 11.8. The summed E-state index contributed by atoms with van der Waals surface area (Å²) in [5.41, 5.74) is 0. The van der Waals surface area contributed by atoms with E-state index in [1.165, 1.54) is 19.6 Å². The fourth-order valence-corrected chi connectivity index (χ4v) is 7.38. The summed E-state index contributed by atoms with van der Waals surface area (Å²) < 4.78 is 11.9. The van der Waals surface area contributed by atoms with E-state index in [1.54, 1.807) is 29.2 Å². The van der Waals surface area contributed by atoms with Crippen molar-refractivity contribution in [2.45, 2.75) is 30.6 Å². The molecule has 0 bridgehead atoms. The van der Waals surface area contributed by atoms with Crippen LogP contribution in [0.25, 0.3) is 0 Å². The molecule has 0 spiro atoms. The van der Waals surface area contributed by atoms with E-state index >= 15 is 0 Å². The predicted octanol–water partition coefficient (Wildman–Crippen LogP) is 3.97. The third kappa shape index (κ3) is 8.95. The van der Waals surface area contributed by atoms with Crippen molar-refractivity contribution in [2.24, 2.45) is 0 Å². The van der Waals surface area contributed by atoms with Gasteiger partial charge in [0.25, 0.3) is 0 Å². The molecular weight excluding hydrogens is 357 g/mol. The quantitative estimate of drug-likeness (QED) is 0.735. The van der Waals surface area contributed by atoms with Gasteiger partial charge >= 0.3 is 0 Å². The molecule has 0 aliphatic carbocycles. The summed E-state index contributed by atoms with van der Waals surface area (Å²) in [6, 6.07) is 18.2. The molecule has 0 aliphatic heterocycles. The summed E-state index contributed by atoms with van der Waals surface area (Å²) >= 11 is 1.81. The first kappa shape index (κ1) is 21.3. The normalized spacial score (nSPS) is 11.0. The number of quaternary nitrogens is 1. The van der Waals surface area contributed by atoms with Crippen molar-refractivity contribution in [2.75, 3.05) is 19.6 Å². The van der Waals surface area contributed by atoms with E-state index in [4.69, 9.17) is 0 Å². The zero-order chi connectivity index (χ0) is 17.8. The smallest absolute Gasteiger partial charge is 0.132 e. The van der Waals surface area contributed by atoms with Crippen LogP contribution in [0.4, 0.5) is 0 Å². The Morgan fingerprint density at radius 1 is 0.792 bits per heavy atom. The highest BCUT2D eigenvalue weighted by Gasteiger charge is 2.11. The monoisotopic (exact) mass is 383 g/mol. The van der Waals surface area contributed by atoms with Crippen molar-refractivity contribution in [3.05, 3.63) is 60.7 Å². The Bertz CT molecular complexity index is 556. The third-order valence-corrected chi connectivity index (χ3v) is 8.78. The van der Waals surface area contributed by atoms with Gasteiger partial charge in [-0.05, 0) is 45.0 Å². The summed E-state index contributed by atoms with van der Waals surface area (Å²) in [7, 11) is 0. The summed E-state index contributed by atoms with van der Waals surface area (Å²) in [5.74, 6) is -3.55. The van der Waals surface area contributed by atoms with Gasteiger partial charge in [-0.15, -0.1) is 0 Å². The average Bonchev–Trinajstić information content (AvgIpc) is 2.58. The van der Waals surface area contributed by atoms with E-state index in [9.17, 15) is 9.46 Å². The van der Waals surface area contributed by atoms with E-state index in [1.807, 2.05) is 36.4 Å². The first-order valence-corrected chi connectivity index (χ1v) is 12.6. The number of rotatable bonds is 7. The Hall–Kier alpha value is -0.710. The molecule has 2 aromatic carbocycles. The molecule has 0 aliphatic rings.